The zero-order chi connectivity index (χ0) is 17.9. The van der Waals surface area contributed by atoms with E-state index in [2.05, 4.69) is 41.4 Å². The molecule has 0 fully saturated rings. The Hall–Kier alpha value is -3.47. The number of benzene rings is 2. The zero-order valence-electron chi connectivity index (χ0n) is 14.7. The average Bonchev–Trinajstić information content (AvgIpc) is 2.66. The van der Waals surface area contributed by atoms with Gasteiger partial charge in [-0.1, -0.05) is 41.5 Å². The van der Waals surface area contributed by atoms with Crippen molar-refractivity contribution in [3.8, 4) is 0 Å². The van der Waals surface area contributed by atoms with Crippen molar-refractivity contribution in [2.45, 2.75) is 13.8 Å². The predicted octanol–water partition coefficient (Wildman–Crippen LogP) is 4.32. The largest absolute Gasteiger partial charge is 0.336 e. The van der Waals surface area contributed by atoms with Gasteiger partial charge in [0.15, 0.2) is 17.0 Å². The van der Waals surface area contributed by atoms with Gasteiger partial charge in [0.1, 0.15) is 0 Å². The van der Waals surface area contributed by atoms with Crippen LogP contribution in [0.1, 0.15) is 11.1 Å². The minimum Gasteiger partial charge on any atom is -0.336 e. The average molecular weight is 341 g/mol. The number of nitrogens with zero attached hydrogens (tertiary/aromatic N) is 4. The summed E-state index contributed by atoms with van der Waals surface area (Å²) in [6.45, 7) is 4.12. The van der Waals surface area contributed by atoms with Crippen molar-refractivity contribution < 1.29 is 0 Å². The maximum atomic E-state index is 4.70. The van der Waals surface area contributed by atoms with E-state index in [4.69, 9.17) is 4.99 Å². The smallest absolute Gasteiger partial charge is 0.200 e. The van der Waals surface area contributed by atoms with E-state index in [9.17, 15) is 0 Å². The Morgan fingerprint density at radius 1 is 0.846 bits per heavy atom. The van der Waals surface area contributed by atoms with Gasteiger partial charge in [-0.25, -0.2) is 14.5 Å². The molecule has 0 saturated heterocycles. The standard InChI is InChI=1S/C21H19N5/c1-15-6-10-17(11-7-15)22-20-21(23-18-12-8-16(2)9-13-18)25-26-14-4-3-5-19(26)24-20/h3-14H,1-2H3,(H,23,25). The Labute approximate surface area is 151 Å². The summed E-state index contributed by atoms with van der Waals surface area (Å²) in [7, 11) is 0. The zero-order valence-corrected chi connectivity index (χ0v) is 14.7. The fourth-order valence-electron chi connectivity index (χ4n) is 2.59. The minimum atomic E-state index is 0.556. The topological polar surface area (TPSA) is 54.6 Å². The number of aryl methyl sites for hydroxylation is 2. The third-order valence-electron chi connectivity index (χ3n) is 4.04. The van der Waals surface area contributed by atoms with E-state index >= 15 is 0 Å². The van der Waals surface area contributed by atoms with Gasteiger partial charge < -0.3 is 5.32 Å². The Balaban J connectivity index is 1.85. The monoisotopic (exact) mass is 341 g/mol. The molecule has 0 spiro atoms. The van der Waals surface area contributed by atoms with Crippen LogP contribution in [0.2, 0.25) is 0 Å². The maximum Gasteiger partial charge on any atom is 0.200 e. The SMILES string of the molecule is Cc1ccc(N=c2nc3ccccn3nc2Nc2ccc(C)cc2)cc1. The van der Waals surface area contributed by atoms with Gasteiger partial charge in [0.05, 0.1) is 5.69 Å². The molecule has 0 unspecified atom stereocenters. The lowest BCUT2D eigenvalue weighted by Gasteiger charge is -2.08. The van der Waals surface area contributed by atoms with E-state index in [1.54, 1.807) is 4.52 Å². The number of anilines is 2. The van der Waals surface area contributed by atoms with Crippen LogP contribution in [0.25, 0.3) is 5.65 Å². The molecule has 2 aromatic carbocycles. The van der Waals surface area contributed by atoms with Gasteiger partial charge in [0.2, 0.25) is 0 Å². The fraction of sp³-hybridized carbons (Fsp3) is 0.0952. The van der Waals surface area contributed by atoms with Crippen molar-refractivity contribution >= 4 is 22.8 Å². The first-order valence-corrected chi connectivity index (χ1v) is 8.48. The van der Waals surface area contributed by atoms with Crippen molar-refractivity contribution in [3.63, 3.8) is 0 Å². The molecular weight excluding hydrogens is 322 g/mol. The molecule has 0 aliphatic rings. The number of pyridine rings is 1. The number of nitrogens with one attached hydrogen (secondary N) is 1. The molecule has 1 N–H and O–H groups in total. The van der Waals surface area contributed by atoms with Crippen LogP contribution in [0, 0.1) is 13.8 Å². The Kier molecular flexibility index (Phi) is 4.19. The van der Waals surface area contributed by atoms with E-state index < -0.39 is 0 Å². The Bertz CT molecular complexity index is 1110. The van der Waals surface area contributed by atoms with Crippen LogP contribution in [0.3, 0.4) is 0 Å². The summed E-state index contributed by atoms with van der Waals surface area (Å²) in [5, 5.41) is 7.99. The van der Waals surface area contributed by atoms with E-state index in [0.717, 1.165) is 17.0 Å². The van der Waals surface area contributed by atoms with E-state index in [1.165, 1.54) is 11.1 Å². The molecule has 0 amide bonds. The summed E-state index contributed by atoms with van der Waals surface area (Å²) >= 11 is 0. The van der Waals surface area contributed by atoms with Gasteiger partial charge in [-0.15, -0.1) is 5.10 Å². The normalized spacial score (nSPS) is 11.7. The second kappa shape index (κ2) is 6.80. The quantitative estimate of drug-likeness (QED) is 0.604. The third kappa shape index (κ3) is 3.47. The van der Waals surface area contributed by atoms with E-state index in [0.29, 0.717) is 11.3 Å². The molecule has 5 heteroatoms. The van der Waals surface area contributed by atoms with Gasteiger partial charge in [-0.2, -0.15) is 0 Å². The molecule has 0 radical (unpaired) electrons. The molecule has 128 valence electrons. The van der Waals surface area contributed by atoms with Crippen molar-refractivity contribution in [1.82, 2.24) is 14.6 Å². The molecule has 4 aromatic rings. The summed E-state index contributed by atoms with van der Waals surface area (Å²) in [4.78, 5) is 9.37. The highest BCUT2D eigenvalue weighted by atomic mass is 15.3. The molecule has 2 heterocycles. The number of rotatable bonds is 3. The minimum absolute atomic E-state index is 0.556. The Morgan fingerprint density at radius 2 is 1.54 bits per heavy atom. The highest BCUT2D eigenvalue weighted by molar-refractivity contribution is 5.56. The van der Waals surface area contributed by atoms with E-state index in [1.807, 2.05) is 60.8 Å². The van der Waals surface area contributed by atoms with Crippen LogP contribution in [0.15, 0.2) is 77.9 Å². The summed E-state index contributed by atoms with van der Waals surface area (Å²) in [6.07, 6.45) is 1.87. The molecule has 0 bridgehead atoms. The van der Waals surface area contributed by atoms with Crippen molar-refractivity contribution in [1.29, 1.82) is 0 Å². The second-order valence-electron chi connectivity index (χ2n) is 6.23. The van der Waals surface area contributed by atoms with Crippen LogP contribution >= 0.6 is 0 Å². The second-order valence-corrected chi connectivity index (χ2v) is 6.23. The lowest BCUT2D eigenvalue weighted by molar-refractivity contribution is 0.878. The summed E-state index contributed by atoms with van der Waals surface area (Å²) in [5.74, 6) is 0.609. The molecule has 0 saturated carbocycles. The highest BCUT2D eigenvalue weighted by Gasteiger charge is 2.05. The molecule has 0 aliphatic heterocycles. The number of hydrogen-bond donors (Lipinski definition) is 1. The van der Waals surface area contributed by atoms with Crippen LogP contribution < -0.4 is 10.8 Å². The molecular formula is C21H19N5. The first-order valence-electron chi connectivity index (χ1n) is 8.48. The maximum absolute atomic E-state index is 4.70. The first kappa shape index (κ1) is 16.0. The fourth-order valence-corrected chi connectivity index (χ4v) is 2.59. The summed E-state index contributed by atoms with van der Waals surface area (Å²) < 4.78 is 1.74. The lowest BCUT2D eigenvalue weighted by Crippen LogP contribution is -2.18. The highest BCUT2D eigenvalue weighted by Crippen LogP contribution is 2.15. The first-order chi connectivity index (χ1) is 12.7. The molecule has 0 atom stereocenters. The number of hydrogen-bond acceptors (Lipinski definition) is 4. The van der Waals surface area contributed by atoms with Gasteiger partial charge >= 0.3 is 0 Å². The molecule has 5 nitrogen and oxygen atoms in total. The van der Waals surface area contributed by atoms with Gasteiger partial charge in [-0.05, 0) is 50.2 Å². The van der Waals surface area contributed by atoms with Gasteiger partial charge in [0, 0.05) is 11.9 Å². The van der Waals surface area contributed by atoms with Crippen LogP contribution in [0.5, 0.6) is 0 Å². The summed E-state index contributed by atoms with van der Waals surface area (Å²) in [5.41, 5.74) is 5.49. The van der Waals surface area contributed by atoms with Crippen molar-refractivity contribution in [2.24, 2.45) is 4.99 Å². The van der Waals surface area contributed by atoms with Crippen LogP contribution in [0.4, 0.5) is 17.2 Å². The van der Waals surface area contributed by atoms with Gasteiger partial charge in [-0.3, -0.25) is 0 Å². The molecule has 26 heavy (non-hydrogen) atoms. The van der Waals surface area contributed by atoms with E-state index in [-0.39, 0.29) is 0 Å². The van der Waals surface area contributed by atoms with Crippen molar-refractivity contribution in [2.75, 3.05) is 5.32 Å². The lowest BCUT2D eigenvalue weighted by atomic mass is 10.2. The third-order valence-corrected chi connectivity index (χ3v) is 4.04. The predicted molar refractivity (Wildman–Crippen MR) is 104 cm³/mol. The molecule has 0 aliphatic carbocycles. The number of aromatic nitrogens is 3. The Morgan fingerprint density at radius 3 is 2.27 bits per heavy atom. The van der Waals surface area contributed by atoms with Crippen LogP contribution in [-0.4, -0.2) is 14.6 Å². The molecule has 4 rings (SSSR count). The van der Waals surface area contributed by atoms with Crippen molar-refractivity contribution in [3.05, 3.63) is 89.5 Å². The molecule has 2 aromatic heterocycles. The summed E-state index contributed by atoms with van der Waals surface area (Å²) in [6, 6.07) is 22.0. The number of fused-ring (bicyclic) bond motifs is 1. The van der Waals surface area contributed by atoms with Gasteiger partial charge in [0.25, 0.3) is 0 Å². The van der Waals surface area contributed by atoms with Crippen LogP contribution in [-0.2, 0) is 0 Å².